The Balaban J connectivity index is 1.60. The molecule has 0 bridgehead atoms. The second-order valence-corrected chi connectivity index (χ2v) is 9.27. The van der Waals surface area contributed by atoms with E-state index in [9.17, 15) is 18.0 Å². The molecule has 0 radical (unpaired) electrons. The van der Waals surface area contributed by atoms with Crippen molar-refractivity contribution in [3.8, 4) is 17.1 Å². The molecule has 33 heavy (non-hydrogen) atoms. The molecule has 3 rings (SSSR count). The molecule has 0 fully saturated rings. The first-order valence-electron chi connectivity index (χ1n) is 10.4. The van der Waals surface area contributed by atoms with E-state index in [0.29, 0.717) is 34.9 Å². The first-order valence-corrected chi connectivity index (χ1v) is 11.9. The molecule has 1 heterocycles. The van der Waals surface area contributed by atoms with E-state index in [2.05, 4.69) is 20.0 Å². The summed E-state index contributed by atoms with van der Waals surface area (Å²) in [7, 11) is -3.60. The fourth-order valence-electron chi connectivity index (χ4n) is 2.94. The summed E-state index contributed by atoms with van der Waals surface area (Å²) in [5.41, 5.74) is 1.50. The van der Waals surface area contributed by atoms with Crippen LogP contribution in [0.3, 0.4) is 0 Å². The maximum absolute atomic E-state index is 12.3. The number of aryl methyl sites for hydroxylation is 1. The number of rotatable bonds is 9. The zero-order chi connectivity index (χ0) is 24.0. The van der Waals surface area contributed by atoms with Gasteiger partial charge in [-0.3, -0.25) is 9.59 Å². The first kappa shape index (κ1) is 24.1. The predicted octanol–water partition coefficient (Wildman–Crippen LogP) is 2.84. The Labute approximate surface area is 192 Å². The molecule has 0 aliphatic carbocycles. The summed E-state index contributed by atoms with van der Waals surface area (Å²) in [6, 6.07) is 14.0. The van der Waals surface area contributed by atoms with Crippen LogP contribution in [0.25, 0.3) is 11.4 Å². The van der Waals surface area contributed by atoms with Crippen LogP contribution < -0.4 is 20.3 Å². The summed E-state index contributed by atoms with van der Waals surface area (Å²) in [4.78, 5) is 31.1. The molecule has 3 N–H and O–H groups in total. The van der Waals surface area contributed by atoms with Gasteiger partial charge in [0.05, 0.1) is 4.90 Å². The van der Waals surface area contributed by atoms with Crippen molar-refractivity contribution in [2.45, 2.75) is 38.1 Å². The molecule has 2 aromatic carbocycles. The van der Waals surface area contributed by atoms with Gasteiger partial charge in [0.25, 0.3) is 11.5 Å². The summed E-state index contributed by atoms with van der Waals surface area (Å²) >= 11 is 0. The summed E-state index contributed by atoms with van der Waals surface area (Å²) < 4.78 is 32.7. The number of aromatic amines is 1. The molecule has 0 unspecified atom stereocenters. The fraction of sp³-hybridized carbons (Fsp3) is 0.261. The van der Waals surface area contributed by atoms with Crippen LogP contribution in [0.1, 0.15) is 26.0 Å². The number of amides is 1. The molecular formula is C23H26N4O5S. The lowest BCUT2D eigenvalue weighted by Crippen LogP contribution is -2.31. The van der Waals surface area contributed by atoms with E-state index >= 15 is 0 Å². The highest BCUT2D eigenvalue weighted by Gasteiger charge is 2.16. The number of ether oxygens (including phenoxy) is 1. The van der Waals surface area contributed by atoms with E-state index in [1.165, 1.54) is 30.3 Å². The van der Waals surface area contributed by atoms with E-state index in [1.807, 2.05) is 6.92 Å². The van der Waals surface area contributed by atoms with Gasteiger partial charge < -0.3 is 15.0 Å². The number of nitrogens with zero attached hydrogens (tertiary/aromatic N) is 1. The number of aromatic nitrogens is 2. The number of carbonyl (C=O) groups excluding carboxylic acids is 1. The molecule has 1 amide bonds. The van der Waals surface area contributed by atoms with Gasteiger partial charge in [-0.2, -0.15) is 0 Å². The maximum atomic E-state index is 12.3. The normalized spacial score (nSPS) is 12.2. The molecule has 1 aromatic heterocycles. The van der Waals surface area contributed by atoms with Crippen LogP contribution in [-0.2, 0) is 14.8 Å². The molecule has 9 nitrogen and oxygen atoms in total. The minimum Gasteiger partial charge on any atom is -0.484 e. The highest BCUT2D eigenvalue weighted by atomic mass is 32.2. The fourth-order valence-corrected chi connectivity index (χ4v) is 4.26. The largest absolute Gasteiger partial charge is 0.484 e. The van der Waals surface area contributed by atoms with Crippen LogP contribution >= 0.6 is 0 Å². The third-order valence-corrected chi connectivity index (χ3v) is 6.37. The maximum Gasteiger partial charge on any atom is 0.262 e. The van der Waals surface area contributed by atoms with Crippen molar-refractivity contribution < 1.29 is 17.9 Å². The van der Waals surface area contributed by atoms with Gasteiger partial charge in [-0.15, -0.1) is 0 Å². The third kappa shape index (κ3) is 6.74. The number of hydrogen-bond acceptors (Lipinski definition) is 6. The van der Waals surface area contributed by atoms with Gasteiger partial charge in [0.1, 0.15) is 11.6 Å². The molecule has 0 aliphatic rings. The molecule has 0 spiro atoms. The number of benzene rings is 2. The molecule has 0 aliphatic heterocycles. The van der Waals surface area contributed by atoms with Gasteiger partial charge in [-0.1, -0.05) is 19.1 Å². The molecular weight excluding hydrogens is 444 g/mol. The Hall–Kier alpha value is -3.50. The number of carbonyl (C=O) groups is 1. The van der Waals surface area contributed by atoms with Gasteiger partial charge in [-0.25, -0.2) is 18.1 Å². The van der Waals surface area contributed by atoms with Gasteiger partial charge in [0, 0.05) is 29.1 Å². The van der Waals surface area contributed by atoms with Gasteiger partial charge >= 0.3 is 0 Å². The monoisotopic (exact) mass is 470 g/mol. The van der Waals surface area contributed by atoms with E-state index < -0.39 is 15.9 Å². The van der Waals surface area contributed by atoms with Crippen LogP contribution in [0.15, 0.2) is 64.3 Å². The lowest BCUT2D eigenvalue weighted by molar-refractivity contribution is -0.118. The first-order chi connectivity index (χ1) is 15.7. The van der Waals surface area contributed by atoms with Gasteiger partial charge in [0.15, 0.2) is 6.61 Å². The minimum atomic E-state index is -3.60. The van der Waals surface area contributed by atoms with Crippen molar-refractivity contribution in [2.24, 2.45) is 0 Å². The van der Waals surface area contributed by atoms with Crippen molar-refractivity contribution in [3.05, 3.63) is 70.6 Å². The van der Waals surface area contributed by atoms with Crippen molar-refractivity contribution in [2.75, 3.05) is 11.9 Å². The van der Waals surface area contributed by atoms with Crippen molar-refractivity contribution in [1.29, 1.82) is 0 Å². The highest BCUT2D eigenvalue weighted by molar-refractivity contribution is 7.89. The smallest absolute Gasteiger partial charge is 0.262 e. The Bertz CT molecular complexity index is 1290. The lowest BCUT2D eigenvalue weighted by atomic mass is 10.2. The summed E-state index contributed by atoms with van der Waals surface area (Å²) in [6.45, 7) is 5.15. The van der Waals surface area contributed by atoms with Crippen molar-refractivity contribution >= 4 is 21.6 Å². The SMILES string of the molecule is CC[C@H](C)NS(=O)(=O)c1ccc(OCC(=O)Nc2cccc(-c3nc(C)cc(=O)[nH]3)c2)cc1. The number of H-pyrrole nitrogens is 1. The van der Waals surface area contributed by atoms with Crippen molar-refractivity contribution in [3.63, 3.8) is 0 Å². The van der Waals surface area contributed by atoms with Crippen LogP contribution in [0, 0.1) is 6.92 Å². The predicted molar refractivity (Wildman–Crippen MR) is 126 cm³/mol. The van der Waals surface area contributed by atoms with Crippen LogP contribution in [0.2, 0.25) is 0 Å². The average molecular weight is 471 g/mol. The van der Waals surface area contributed by atoms with Gasteiger partial charge in [-0.05, 0) is 56.7 Å². The molecule has 1 atom stereocenters. The molecule has 0 saturated heterocycles. The highest BCUT2D eigenvalue weighted by Crippen LogP contribution is 2.19. The van der Waals surface area contributed by atoms with E-state index in [0.717, 1.165) is 0 Å². The number of anilines is 1. The van der Waals surface area contributed by atoms with E-state index in [-0.39, 0.29) is 23.1 Å². The topological polar surface area (TPSA) is 130 Å². The second kappa shape index (κ2) is 10.4. The van der Waals surface area contributed by atoms with Gasteiger partial charge in [0.2, 0.25) is 10.0 Å². The Kier molecular flexibility index (Phi) is 7.62. The average Bonchev–Trinajstić information content (AvgIpc) is 2.77. The summed E-state index contributed by atoms with van der Waals surface area (Å²) in [6.07, 6.45) is 0.678. The van der Waals surface area contributed by atoms with Crippen LogP contribution in [0.5, 0.6) is 5.75 Å². The number of nitrogens with one attached hydrogen (secondary N) is 3. The number of hydrogen-bond donors (Lipinski definition) is 3. The standard InChI is InChI=1S/C23H26N4O5S/c1-4-15(2)27-33(30,31)20-10-8-19(9-11-20)32-14-22(29)25-18-7-5-6-17(13-18)23-24-16(3)12-21(28)26-23/h5-13,15,27H,4,14H2,1-3H3,(H,25,29)(H,24,26,28)/t15-/m0/s1. The quantitative estimate of drug-likeness (QED) is 0.441. The second-order valence-electron chi connectivity index (χ2n) is 7.56. The summed E-state index contributed by atoms with van der Waals surface area (Å²) in [5, 5.41) is 2.73. The lowest BCUT2D eigenvalue weighted by Gasteiger charge is -2.12. The molecule has 10 heteroatoms. The third-order valence-electron chi connectivity index (χ3n) is 4.76. The van der Waals surface area contributed by atoms with E-state index in [4.69, 9.17) is 4.74 Å². The Morgan fingerprint density at radius 2 is 1.88 bits per heavy atom. The zero-order valence-corrected chi connectivity index (χ0v) is 19.4. The summed E-state index contributed by atoms with van der Waals surface area (Å²) in [5.74, 6) is 0.376. The minimum absolute atomic E-state index is 0.124. The molecule has 174 valence electrons. The van der Waals surface area contributed by atoms with Crippen LogP contribution in [0.4, 0.5) is 5.69 Å². The Morgan fingerprint density at radius 3 is 2.55 bits per heavy atom. The zero-order valence-electron chi connectivity index (χ0n) is 18.6. The van der Waals surface area contributed by atoms with E-state index in [1.54, 1.807) is 38.1 Å². The Morgan fingerprint density at radius 1 is 1.15 bits per heavy atom. The number of sulfonamides is 1. The van der Waals surface area contributed by atoms with Crippen LogP contribution in [-0.4, -0.2) is 36.9 Å². The van der Waals surface area contributed by atoms with Crippen molar-refractivity contribution in [1.82, 2.24) is 14.7 Å². The molecule has 3 aromatic rings. The molecule has 0 saturated carbocycles.